The number of aromatic nitrogens is 1. The Morgan fingerprint density at radius 2 is 1.96 bits per heavy atom. The molecule has 0 saturated carbocycles. The van der Waals surface area contributed by atoms with E-state index >= 15 is 0 Å². The zero-order chi connectivity index (χ0) is 19.9. The van der Waals surface area contributed by atoms with Crippen molar-refractivity contribution in [3.8, 4) is 5.75 Å². The van der Waals surface area contributed by atoms with Gasteiger partial charge in [0.15, 0.2) is 0 Å². The summed E-state index contributed by atoms with van der Waals surface area (Å²) >= 11 is 5.95. The lowest BCUT2D eigenvalue weighted by Gasteiger charge is -2.10. The molecule has 144 valence electrons. The second-order valence-corrected chi connectivity index (χ2v) is 6.77. The normalized spacial score (nSPS) is 10.4. The van der Waals surface area contributed by atoms with Crippen LogP contribution in [0, 0.1) is 6.92 Å². The first kappa shape index (κ1) is 19.7. The highest BCUT2D eigenvalue weighted by Gasteiger charge is 2.09. The standard InChI is InChI=1S/C22H22ClN3O2/c1-15-13-18(23)8-9-19(15)26-22(27)17-7-10-21(25-14-17)24-12-11-16-5-3-4-6-20(16)28-2/h3-10,13-14H,11-12H2,1-2H3,(H,24,25)(H,26,27). The monoisotopic (exact) mass is 395 g/mol. The summed E-state index contributed by atoms with van der Waals surface area (Å²) in [6, 6.07) is 16.8. The Hall–Kier alpha value is -3.05. The fourth-order valence-corrected chi connectivity index (χ4v) is 3.06. The number of ether oxygens (including phenoxy) is 1. The summed E-state index contributed by atoms with van der Waals surface area (Å²) in [4.78, 5) is 16.7. The van der Waals surface area contributed by atoms with Crippen molar-refractivity contribution in [2.24, 2.45) is 0 Å². The molecule has 1 amide bonds. The zero-order valence-electron chi connectivity index (χ0n) is 15.8. The lowest BCUT2D eigenvalue weighted by atomic mass is 10.1. The summed E-state index contributed by atoms with van der Waals surface area (Å²) in [7, 11) is 1.67. The molecule has 28 heavy (non-hydrogen) atoms. The van der Waals surface area contributed by atoms with Crippen LogP contribution < -0.4 is 15.4 Å². The van der Waals surface area contributed by atoms with Crippen LogP contribution in [-0.2, 0) is 6.42 Å². The van der Waals surface area contributed by atoms with E-state index in [-0.39, 0.29) is 5.91 Å². The Kier molecular flexibility index (Phi) is 6.50. The maximum Gasteiger partial charge on any atom is 0.257 e. The first-order valence-electron chi connectivity index (χ1n) is 8.96. The smallest absolute Gasteiger partial charge is 0.257 e. The van der Waals surface area contributed by atoms with E-state index in [4.69, 9.17) is 16.3 Å². The molecule has 0 atom stereocenters. The van der Waals surface area contributed by atoms with Gasteiger partial charge in [0.1, 0.15) is 11.6 Å². The van der Waals surface area contributed by atoms with Gasteiger partial charge in [-0.25, -0.2) is 4.98 Å². The summed E-state index contributed by atoms with van der Waals surface area (Å²) in [5.74, 6) is 1.38. The number of hydrogen-bond donors (Lipinski definition) is 2. The number of pyridine rings is 1. The number of nitrogens with zero attached hydrogens (tertiary/aromatic N) is 1. The number of para-hydroxylation sites is 1. The molecule has 0 saturated heterocycles. The number of nitrogens with one attached hydrogen (secondary N) is 2. The molecule has 1 heterocycles. The van der Waals surface area contributed by atoms with Crippen molar-refractivity contribution in [3.63, 3.8) is 0 Å². The van der Waals surface area contributed by atoms with Crippen molar-refractivity contribution in [3.05, 3.63) is 82.5 Å². The van der Waals surface area contributed by atoms with Gasteiger partial charge in [-0.1, -0.05) is 29.8 Å². The van der Waals surface area contributed by atoms with E-state index in [9.17, 15) is 4.79 Å². The van der Waals surface area contributed by atoms with E-state index in [2.05, 4.69) is 15.6 Å². The van der Waals surface area contributed by atoms with Crippen LogP contribution in [0.4, 0.5) is 11.5 Å². The average molecular weight is 396 g/mol. The van der Waals surface area contributed by atoms with Gasteiger partial charge in [0.2, 0.25) is 0 Å². The molecule has 5 nitrogen and oxygen atoms in total. The van der Waals surface area contributed by atoms with Gasteiger partial charge in [-0.2, -0.15) is 0 Å². The minimum atomic E-state index is -0.210. The maximum absolute atomic E-state index is 12.4. The highest BCUT2D eigenvalue weighted by atomic mass is 35.5. The summed E-state index contributed by atoms with van der Waals surface area (Å²) in [6.45, 7) is 2.61. The van der Waals surface area contributed by atoms with Crippen molar-refractivity contribution in [2.45, 2.75) is 13.3 Å². The molecular weight excluding hydrogens is 374 g/mol. The van der Waals surface area contributed by atoms with Crippen LogP contribution in [0.1, 0.15) is 21.5 Å². The van der Waals surface area contributed by atoms with Crippen LogP contribution in [0.2, 0.25) is 5.02 Å². The third-order valence-corrected chi connectivity index (χ3v) is 4.59. The Labute approximate surface area is 169 Å². The Balaban J connectivity index is 1.56. The van der Waals surface area contributed by atoms with E-state index in [1.165, 1.54) is 0 Å². The lowest BCUT2D eigenvalue weighted by Crippen LogP contribution is -2.13. The minimum Gasteiger partial charge on any atom is -0.496 e. The first-order valence-corrected chi connectivity index (χ1v) is 9.34. The van der Waals surface area contributed by atoms with Crippen LogP contribution in [0.5, 0.6) is 5.75 Å². The van der Waals surface area contributed by atoms with E-state index in [1.807, 2.05) is 37.3 Å². The quantitative estimate of drug-likeness (QED) is 0.593. The second kappa shape index (κ2) is 9.24. The third kappa shape index (κ3) is 5.02. The molecule has 2 N–H and O–H groups in total. The number of amides is 1. The van der Waals surface area contributed by atoms with Gasteiger partial charge in [-0.15, -0.1) is 0 Å². The molecule has 0 unspecified atom stereocenters. The van der Waals surface area contributed by atoms with Crippen molar-refractivity contribution >= 4 is 29.0 Å². The minimum absolute atomic E-state index is 0.210. The molecule has 3 rings (SSSR count). The number of halogens is 1. The summed E-state index contributed by atoms with van der Waals surface area (Å²) in [5, 5.41) is 6.78. The van der Waals surface area contributed by atoms with E-state index in [0.29, 0.717) is 22.9 Å². The second-order valence-electron chi connectivity index (χ2n) is 6.33. The fraction of sp³-hybridized carbons (Fsp3) is 0.182. The molecule has 6 heteroatoms. The topological polar surface area (TPSA) is 63.2 Å². The zero-order valence-corrected chi connectivity index (χ0v) is 16.6. The molecule has 0 aliphatic rings. The van der Waals surface area contributed by atoms with Crippen molar-refractivity contribution < 1.29 is 9.53 Å². The largest absolute Gasteiger partial charge is 0.496 e. The van der Waals surface area contributed by atoms with E-state index < -0.39 is 0 Å². The molecular formula is C22H22ClN3O2. The number of methoxy groups -OCH3 is 1. The number of carbonyl (C=O) groups is 1. The predicted octanol–water partition coefficient (Wildman–Crippen LogP) is 4.96. The van der Waals surface area contributed by atoms with Gasteiger partial charge in [0.05, 0.1) is 12.7 Å². The van der Waals surface area contributed by atoms with Crippen LogP contribution in [0.25, 0.3) is 0 Å². The summed E-state index contributed by atoms with van der Waals surface area (Å²) in [5.41, 5.74) is 3.26. The van der Waals surface area contributed by atoms with E-state index in [0.717, 1.165) is 29.0 Å². The summed E-state index contributed by atoms with van der Waals surface area (Å²) < 4.78 is 5.36. The van der Waals surface area contributed by atoms with Gasteiger partial charge in [-0.05, 0) is 60.9 Å². The lowest BCUT2D eigenvalue weighted by molar-refractivity contribution is 0.102. The van der Waals surface area contributed by atoms with Crippen molar-refractivity contribution in [1.82, 2.24) is 4.98 Å². The highest BCUT2D eigenvalue weighted by molar-refractivity contribution is 6.30. The molecule has 2 aromatic carbocycles. The van der Waals surface area contributed by atoms with Gasteiger partial charge in [0.25, 0.3) is 5.91 Å². The number of rotatable bonds is 7. The number of aryl methyl sites for hydroxylation is 1. The van der Waals surface area contributed by atoms with Gasteiger partial charge >= 0.3 is 0 Å². The fourth-order valence-electron chi connectivity index (χ4n) is 2.83. The molecule has 0 aliphatic carbocycles. The number of hydrogen-bond acceptors (Lipinski definition) is 4. The molecule has 1 aromatic heterocycles. The highest BCUT2D eigenvalue weighted by Crippen LogP contribution is 2.21. The molecule has 3 aromatic rings. The van der Waals surface area contributed by atoms with Crippen LogP contribution in [-0.4, -0.2) is 24.5 Å². The van der Waals surface area contributed by atoms with Gasteiger partial charge in [-0.3, -0.25) is 4.79 Å². The van der Waals surface area contributed by atoms with Crippen LogP contribution in [0.15, 0.2) is 60.8 Å². The number of anilines is 2. The Morgan fingerprint density at radius 1 is 1.14 bits per heavy atom. The maximum atomic E-state index is 12.4. The van der Waals surface area contributed by atoms with E-state index in [1.54, 1.807) is 37.6 Å². The van der Waals surface area contributed by atoms with Crippen molar-refractivity contribution in [2.75, 3.05) is 24.3 Å². The Bertz CT molecular complexity index is 958. The number of carbonyl (C=O) groups excluding carboxylic acids is 1. The number of benzene rings is 2. The van der Waals surface area contributed by atoms with Crippen LogP contribution in [0.3, 0.4) is 0 Å². The molecule has 0 aliphatic heterocycles. The first-order chi connectivity index (χ1) is 13.6. The molecule has 0 fully saturated rings. The Morgan fingerprint density at radius 3 is 2.68 bits per heavy atom. The third-order valence-electron chi connectivity index (χ3n) is 4.36. The summed E-state index contributed by atoms with van der Waals surface area (Å²) in [6.07, 6.45) is 2.37. The molecule has 0 radical (unpaired) electrons. The molecule has 0 spiro atoms. The average Bonchev–Trinajstić information content (AvgIpc) is 2.71. The van der Waals surface area contributed by atoms with Crippen molar-refractivity contribution in [1.29, 1.82) is 0 Å². The predicted molar refractivity (Wildman–Crippen MR) is 114 cm³/mol. The van der Waals surface area contributed by atoms with Crippen LogP contribution >= 0.6 is 11.6 Å². The SMILES string of the molecule is COc1ccccc1CCNc1ccc(C(=O)Nc2ccc(Cl)cc2C)cn1. The van der Waals surface area contributed by atoms with Gasteiger partial charge < -0.3 is 15.4 Å². The van der Waals surface area contributed by atoms with Gasteiger partial charge in [0, 0.05) is 23.5 Å². The molecule has 0 bridgehead atoms.